The van der Waals surface area contributed by atoms with Crippen LogP contribution in [0.1, 0.15) is 5.56 Å². The van der Waals surface area contributed by atoms with E-state index in [1.807, 2.05) is 6.07 Å². The summed E-state index contributed by atoms with van der Waals surface area (Å²) in [5.41, 5.74) is 0.760. The Hall–Kier alpha value is -1.13. The second-order valence-corrected chi connectivity index (χ2v) is 4.75. The van der Waals surface area contributed by atoms with E-state index in [-0.39, 0.29) is 11.6 Å². The van der Waals surface area contributed by atoms with Gasteiger partial charge in [-0.2, -0.15) is 0 Å². The number of hydrogen-bond acceptors (Lipinski definition) is 1. The van der Waals surface area contributed by atoms with Crippen LogP contribution in [0.4, 0.5) is 8.78 Å². The molecule has 0 aliphatic carbocycles. The van der Waals surface area contributed by atoms with E-state index >= 15 is 0 Å². The number of alkyl halides is 1. The molecule has 2 rings (SSSR count). The van der Waals surface area contributed by atoms with Crippen LogP contribution < -0.4 is 4.74 Å². The summed E-state index contributed by atoms with van der Waals surface area (Å²) in [6.45, 7) is 0. The van der Waals surface area contributed by atoms with Crippen LogP contribution in [-0.2, 0) is 5.88 Å². The molecular formula is C13H8BrClF2O. The highest BCUT2D eigenvalue weighted by molar-refractivity contribution is 9.10. The molecule has 0 aliphatic heterocycles. The van der Waals surface area contributed by atoms with Gasteiger partial charge in [-0.25, -0.2) is 8.78 Å². The second-order valence-electron chi connectivity index (χ2n) is 3.56. The highest BCUT2D eigenvalue weighted by Gasteiger charge is 2.08. The van der Waals surface area contributed by atoms with E-state index in [2.05, 4.69) is 15.9 Å². The molecule has 5 heteroatoms. The topological polar surface area (TPSA) is 9.23 Å². The van der Waals surface area contributed by atoms with Crippen molar-refractivity contribution in [2.75, 3.05) is 0 Å². The summed E-state index contributed by atoms with van der Waals surface area (Å²) in [4.78, 5) is 0. The van der Waals surface area contributed by atoms with Crippen LogP contribution in [0.25, 0.3) is 0 Å². The standard InChI is InChI=1S/C13H8BrClF2O/c14-9-1-4-13(8(5-9)7-15)18-10-2-3-11(16)12(17)6-10/h1-6H,7H2. The predicted octanol–water partition coefficient (Wildman–Crippen LogP) is 5.26. The molecule has 0 unspecified atom stereocenters. The van der Waals surface area contributed by atoms with Crippen molar-refractivity contribution >= 4 is 27.5 Å². The molecule has 0 atom stereocenters. The molecule has 0 saturated carbocycles. The van der Waals surface area contributed by atoms with Gasteiger partial charge in [-0.3, -0.25) is 0 Å². The maximum atomic E-state index is 13.0. The fourth-order valence-electron chi connectivity index (χ4n) is 1.42. The average Bonchev–Trinajstić information content (AvgIpc) is 2.36. The number of rotatable bonds is 3. The van der Waals surface area contributed by atoms with Gasteiger partial charge in [0.1, 0.15) is 11.5 Å². The molecule has 0 saturated heterocycles. The zero-order valence-corrected chi connectivity index (χ0v) is 11.4. The van der Waals surface area contributed by atoms with Crippen molar-refractivity contribution in [1.82, 2.24) is 0 Å². The quantitative estimate of drug-likeness (QED) is 0.696. The Bertz CT molecular complexity index is 575. The minimum atomic E-state index is -0.947. The maximum Gasteiger partial charge on any atom is 0.162 e. The van der Waals surface area contributed by atoms with E-state index in [1.54, 1.807) is 12.1 Å². The number of ether oxygens (including phenoxy) is 1. The Morgan fingerprint density at radius 1 is 1.06 bits per heavy atom. The van der Waals surface area contributed by atoms with Gasteiger partial charge in [0.25, 0.3) is 0 Å². The minimum absolute atomic E-state index is 0.225. The lowest BCUT2D eigenvalue weighted by Gasteiger charge is -2.10. The van der Waals surface area contributed by atoms with Gasteiger partial charge in [-0.15, -0.1) is 11.6 Å². The van der Waals surface area contributed by atoms with Crippen molar-refractivity contribution in [2.24, 2.45) is 0 Å². The third-order valence-corrected chi connectivity index (χ3v) is 3.07. The molecule has 2 aromatic carbocycles. The minimum Gasteiger partial charge on any atom is -0.457 e. The average molecular weight is 334 g/mol. The molecule has 0 fully saturated rings. The third-order valence-electron chi connectivity index (χ3n) is 2.29. The number of hydrogen-bond donors (Lipinski definition) is 0. The molecule has 0 radical (unpaired) electrons. The predicted molar refractivity (Wildman–Crippen MR) is 70.1 cm³/mol. The van der Waals surface area contributed by atoms with E-state index in [0.717, 1.165) is 22.2 Å². The zero-order valence-electron chi connectivity index (χ0n) is 9.09. The first-order valence-electron chi connectivity index (χ1n) is 5.07. The lowest BCUT2D eigenvalue weighted by molar-refractivity contribution is 0.458. The van der Waals surface area contributed by atoms with E-state index in [9.17, 15) is 8.78 Å². The van der Waals surface area contributed by atoms with E-state index in [4.69, 9.17) is 16.3 Å². The van der Waals surface area contributed by atoms with Crippen molar-refractivity contribution in [3.8, 4) is 11.5 Å². The molecule has 1 nitrogen and oxygen atoms in total. The first kappa shape index (κ1) is 13.3. The van der Waals surface area contributed by atoms with Crippen LogP contribution >= 0.6 is 27.5 Å². The van der Waals surface area contributed by atoms with Crippen LogP contribution in [0.3, 0.4) is 0 Å². The number of benzene rings is 2. The van der Waals surface area contributed by atoms with Crippen LogP contribution in [-0.4, -0.2) is 0 Å². The van der Waals surface area contributed by atoms with Gasteiger partial charge < -0.3 is 4.74 Å². The Balaban J connectivity index is 2.30. The first-order valence-corrected chi connectivity index (χ1v) is 6.40. The highest BCUT2D eigenvalue weighted by Crippen LogP contribution is 2.29. The maximum absolute atomic E-state index is 13.0. The van der Waals surface area contributed by atoms with E-state index in [1.165, 1.54) is 6.07 Å². The Morgan fingerprint density at radius 2 is 1.83 bits per heavy atom. The molecule has 0 amide bonds. The summed E-state index contributed by atoms with van der Waals surface area (Å²) in [5.74, 6) is -0.854. The van der Waals surface area contributed by atoms with Crippen LogP contribution in [0.15, 0.2) is 40.9 Å². The molecular weight excluding hydrogens is 325 g/mol. The smallest absolute Gasteiger partial charge is 0.162 e. The van der Waals surface area contributed by atoms with Crippen molar-refractivity contribution in [1.29, 1.82) is 0 Å². The van der Waals surface area contributed by atoms with Gasteiger partial charge in [0.2, 0.25) is 0 Å². The van der Waals surface area contributed by atoms with Gasteiger partial charge in [-0.05, 0) is 30.3 Å². The van der Waals surface area contributed by atoms with Crippen molar-refractivity contribution < 1.29 is 13.5 Å². The lowest BCUT2D eigenvalue weighted by Crippen LogP contribution is -1.91. The zero-order chi connectivity index (χ0) is 13.1. The van der Waals surface area contributed by atoms with Crippen LogP contribution in [0.5, 0.6) is 11.5 Å². The number of halogens is 4. The van der Waals surface area contributed by atoms with Gasteiger partial charge in [0, 0.05) is 16.1 Å². The molecule has 0 spiro atoms. The molecule has 0 N–H and O–H groups in total. The molecule has 0 aliphatic rings. The lowest BCUT2D eigenvalue weighted by atomic mass is 10.2. The molecule has 18 heavy (non-hydrogen) atoms. The van der Waals surface area contributed by atoms with Crippen molar-refractivity contribution in [2.45, 2.75) is 5.88 Å². The first-order chi connectivity index (χ1) is 8.60. The van der Waals surface area contributed by atoms with Crippen LogP contribution in [0, 0.1) is 11.6 Å². The summed E-state index contributed by atoms with van der Waals surface area (Å²) in [6.07, 6.45) is 0. The Labute approximate surface area is 116 Å². The van der Waals surface area contributed by atoms with Crippen molar-refractivity contribution in [3.05, 3.63) is 58.1 Å². The molecule has 94 valence electrons. The Kier molecular flexibility index (Phi) is 4.19. The SMILES string of the molecule is Fc1ccc(Oc2ccc(Br)cc2CCl)cc1F. The fourth-order valence-corrected chi connectivity index (χ4v) is 2.04. The van der Waals surface area contributed by atoms with Gasteiger partial charge >= 0.3 is 0 Å². The van der Waals surface area contributed by atoms with Gasteiger partial charge in [0.15, 0.2) is 11.6 Å². The van der Waals surface area contributed by atoms with Crippen LogP contribution in [0.2, 0.25) is 0 Å². The highest BCUT2D eigenvalue weighted by atomic mass is 79.9. The summed E-state index contributed by atoms with van der Waals surface area (Å²) >= 11 is 9.11. The summed E-state index contributed by atoms with van der Waals surface area (Å²) in [6, 6.07) is 8.67. The van der Waals surface area contributed by atoms with E-state index in [0.29, 0.717) is 5.75 Å². The Morgan fingerprint density at radius 3 is 2.50 bits per heavy atom. The van der Waals surface area contributed by atoms with E-state index < -0.39 is 11.6 Å². The largest absolute Gasteiger partial charge is 0.457 e. The van der Waals surface area contributed by atoms with Crippen molar-refractivity contribution in [3.63, 3.8) is 0 Å². The monoisotopic (exact) mass is 332 g/mol. The molecule has 0 bridgehead atoms. The molecule has 2 aromatic rings. The fraction of sp³-hybridized carbons (Fsp3) is 0.0769. The third kappa shape index (κ3) is 3.00. The summed E-state index contributed by atoms with van der Waals surface area (Å²) in [5, 5.41) is 0. The molecule has 0 aromatic heterocycles. The second kappa shape index (κ2) is 5.67. The summed E-state index contributed by atoms with van der Waals surface area (Å²) < 4.78 is 32.2. The van der Waals surface area contributed by atoms with Gasteiger partial charge in [-0.1, -0.05) is 15.9 Å². The molecule has 0 heterocycles. The normalized spacial score (nSPS) is 10.4. The van der Waals surface area contributed by atoms with Gasteiger partial charge in [0.05, 0.1) is 5.88 Å². The summed E-state index contributed by atoms with van der Waals surface area (Å²) in [7, 11) is 0.